The lowest BCUT2D eigenvalue weighted by Crippen LogP contribution is -2.29. The number of esters is 1. The van der Waals surface area contributed by atoms with Gasteiger partial charge in [0.25, 0.3) is 0 Å². The molecule has 0 radical (unpaired) electrons. The molecule has 1 aromatic rings. The number of rotatable bonds is 6. The van der Waals surface area contributed by atoms with E-state index in [1.165, 1.54) is 0 Å². The number of nitrogens with zero attached hydrogens (tertiary/aromatic N) is 1. The number of carbonyl (C=O) groups is 1. The Morgan fingerprint density at radius 2 is 2.19 bits per heavy atom. The number of pyridine rings is 1. The summed E-state index contributed by atoms with van der Waals surface area (Å²) in [5.74, 6) is -0.298. The van der Waals surface area contributed by atoms with Crippen LogP contribution in [0.15, 0.2) is 24.5 Å². The predicted octanol–water partition coefficient (Wildman–Crippen LogP) is 1.63. The van der Waals surface area contributed by atoms with Crippen molar-refractivity contribution in [3.05, 3.63) is 30.1 Å². The van der Waals surface area contributed by atoms with Gasteiger partial charge in [-0.05, 0) is 32.0 Å². The first-order valence-electron chi connectivity index (χ1n) is 5.55. The fourth-order valence-electron chi connectivity index (χ4n) is 1.26. The second-order valence-corrected chi connectivity index (χ2v) is 3.66. The van der Waals surface area contributed by atoms with Gasteiger partial charge in [0.05, 0.1) is 5.56 Å². The number of carbonyl (C=O) groups excluding carboxylic acids is 1. The van der Waals surface area contributed by atoms with Gasteiger partial charge in [-0.15, -0.1) is 0 Å². The standard InChI is InChI=1S/C12H18N2O2/c1-3-6-14-9-10(2)16-12(15)11-4-7-13-8-5-11/h4-5,7-8,10,14H,3,6,9H2,1-2H3. The fourth-order valence-corrected chi connectivity index (χ4v) is 1.26. The van der Waals surface area contributed by atoms with Crippen LogP contribution in [0.1, 0.15) is 30.6 Å². The topological polar surface area (TPSA) is 51.2 Å². The third-order valence-corrected chi connectivity index (χ3v) is 2.08. The normalized spacial score (nSPS) is 12.1. The maximum Gasteiger partial charge on any atom is 0.338 e. The molecule has 4 heteroatoms. The van der Waals surface area contributed by atoms with Gasteiger partial charge in [0.1, 0.15) is 6.10 Å². The highest BCUT2D eigenvalue weighted by Crippen LogP contribution is 2.01. The average Bonchev–Trinajstić information content (AvgIpc) is 2.30. The Morgan fingerprint density at radius 3 is 2.81 bits per heavy atom. The van der Waals surface area contributed by atoms with Crippen molar-refractivity contribution in [2.75, 3.05) is 13.1 Å². The summed E-state index contributed by atoms with van der Waals surface area (Å²) in [6.07, 6.45) is 4.12. The summed E-state index contributed by atoms with van der Waals surface area (Å²) >= 11 is 0. The van der Waals surface area contributed by atoms with Gasteiger partial charge >= 0.3 is 5.97 Å². The first-order valence-corrected chi connectivity index (χ1v) is 5.55. The largest absolute Gasteiger partial charge is 0.458 e. The molecular weight excluding hydrogens is 204 g/mol. The molecule has 0 spiro atoms. The van der Waals surface area contributed by atoms with E-state index in [9.17, 15) is 4.79 Å². The zero-order valence-electron chi connectivity index (χ0n) is 9.77. The van der Waals surface area contributed by atoms with Crippen LogP contribution in [0.25, 0.3) is 0 Å². The van der Waals surface area contributed by atoms with E-state index < -0.39 is 0 Å². The van der Waals surface area contributed by atoms with Gasteiger partial charge in [-0.1, -0.05) is 6.92 Å². The summed E-state index contributed by atoms with van der Waals surface area (Å²) < 4.78 is 5.25. The molecule has 0 saturated carbocycles. The second-order valence-electron chi connectivity index (χ2n) is 3.66. The summed E-state index contributed by atoms with van der Waals surface area (Å²) in [7, 11) is 0. The van der Waals surface area contributed by atoms with E-state index in [0.29, 0.717) is 12.1 Å². The van der Waals surface area contributed by atoms with Gasteiger partial charge in [0, 0.05) is 18.9 Å². The third kappa shape index (κ3) is 4.40. The van der Waals surface area contributed by atoms with Crippen LogP contribution in [-0.4, -0.2) is 30.1 Å². The lowest BCUT2D eigenvalue weighted by Gasteiger charge is -2.13. The number of ether oxygens (including phenoxy) is 1. The minimum Gasteiger partial charge on any atom is -0.458 e. The molecular formula is C12H18N2O2. The zero-order chi connectivity index (χ0) is 11.8. The van der Waals surface area contributed by atoms with Crippen LogP contribution in [0, 0.1) is 0 Å². The molecule has 16 heavy (non-hydrogen) atoms. The smallest absolute Gasteiger partial charge is 0.338 e. The van der Waals surface area contributed by atoms with Crippen LogP contribution in [0.3, 0.4) is 0 Å². The Morgan fingerprint density at radius 1 is 1.50 bits per heavy atom. The molecule has 0 fully saturated rings. The molecule has 0 aliphatic rings. The van der Waals surface area contributed by atoms with E-state index in [4.69, 9.17) is 4.74 Å². The molecule has 88 valence electrons. The summed E-state index contributed by atoms with van der Waals surface area (Å²) in [5, 5.41) is 3.20. The molecule has 4 nitrogen and oxygen atoms in total. The van der Waals surface area contributed by atoms with Crippen molar-refractivity contribution in [1.29, 1.82) is 0 Å². The van der Waals surface area contributed by atoms with Crippen molar-refractivity contribution in [2.45, 2.75) is 26.4 Å². The molecule has 0 bridgehead atoms. The maximum absolute atomic E-state index is 11.6. The van der Waals surface area contributed by atoms with E-state index in [-0.39, 0.29) is 12.1 Å². The number of aromatic nitrogens is 1. The van der Waals surface area contributed by atoms with E-state index in [1.807, 2.05) is 6.92 Å². The van der Waals surface area contributed by atoms with Crippen molar-refractivity contribution in [3.8, 4) is 0 Å². The Hall–Kier alpha value is -1.42. The van der Waals surface area contributed by atoms with Crippen molar-refractivity contribution in [2.24, 2.45) is 0 Å². The van der Waals surface area contributed by atoms with Gasteiger partial charge in [-0.25, -0.2) is 4.79 Å². The Labute approximate surface area is 96.0 Å². The highest BCUT2D eigenvalue weighted by atomic mass is 16.5. The molecule has 0 aliphatic carbocycles. The van der Waals surface area contributed by atoms with Crippen LogP contribution in [0.5, 0.6) is 0 Å². The zero-order valence-corrected chi connectivity index (χ0v) is 9.77. The summed E-state index contributed by atoms with van der Waals surface area (Å²) in [4.78, 5) is 15.5. The number of hydrogen-bond acceptors (Lipinski definition) is 4. The van der Waals surface area contributed by atoms with Gasteiger partial charge in [-0.3, -0.25) is 4.98 Å². The van der Waals surface area contributed by atoms with E-state index >= 15 is 0 Å². The quantitative estimate of drug-likeness (QED) is 0.587. The monoisotopic (exact) mass is 222 g/mol. The molecule has 0 amide bonds. The fraction of sp³-hybridized carbons (Fsp3) is 0.500. The summed E-state index contributed by atoms with van der Waals surface area (Å²) in [5.41, 5.74) is 0.539. The lowest BCUT2D eigenvalue weighted by atomic mass is 10.3. The summed E-state index contributed by atoms with van der Waals surface area (Å²) in [6.45, 7) is 5.60. The molecule has 1 atom stereocenters. The van der Waals surface area contributed by atoms with Crippen LogP contribution in [0.4, 0.5) is 0 Å². The van der Waals surface area contributed by atoms with E-state index in [1.54, 1.807) is 24.5 Å². The van der Waals surface area contributed by atoms with Crippen molar-refractivity contribution in [3.63, 3.8) is 0 Å². The van der Waals surface area contributed by atoms with Gasteiger partial charge < -0.3 is 10.1 Å². The highest BCUT2D eigenvalue weighted by molar-refractivity contribution is 5.89. The number of nitrogens with one attached hydrogen (secondary N) is 1. The Bertz CT molecular complexity index is 314. The van der Waals surface area contributed by atoms with Gasteiger partial charge in [0.15, 0.2) is 0 Å². The Balaban J connectivity index is 2.34. The van der Waals surface area contributed by atoms with Gasteiger partial charge in [0.2, 0.25) is 0 Å². The molecule has 1 rings (SSSR count). The van der Waals surface area contributed by atoms with Crippen LogP contribution in [0.2, 0.25) is 0 Å². The molecule has 1 N–H and O–H groups in total. The Kier molecular flexibility index (Phi) is 5.50. The van der Waals surface area contributed by atoms with Gasteiger partial charge in [-0.2, -0.15) is 0 Å². The minimum atomic E-state index is -0.298. The van der Waals surface area contributed by atoms with Crippen LogP contribution < -0.4 is 5.32 Å². The van der Waals surface area contributed by atoms with Crippen LogP contribution >= 0.6 is 0 Å². The molecule has 1 unspecified atom stereocenters. The molecule has 0 aromatic carbocycles. The number of hydrogen-bond donors (Lipinski definition) is 1. The van der Waals surface area contributed by atoms with Crippen LogP contribution in [-0.2, 0) is 4.74 Å². The molecule has 1 heterocycles. The highest BCUT2D eigenvalue weighted by Gasteiger charge is 2.10. The SMILES string of the molecule is CCCNCC(C)OC(=O)c1ccncc1. The first-order chi connectivity index (χ1) is 7.74. The first kappa shape index (κ1) is 12.6. The van der Waals surface area contributed by atoms with Crippen molar-refractivity contribution < 1.29 is 9.53 Å². The van der Waals surface area contributed by atoms with Crippen molar-refractivity contribution >= 4 is 5.97 Å². The molecule has 0 saturated heterocycles. The summed E-state index contributed by atoms with van der Waals surface area (Å²) in [6, 6.07) is 3.29. The lowest BCUT2D eigenvalue weighted by molar-refractivity contribution is 0.0342. The second kappa shape index (κ2) is 6.95. The third-order valence-electron chi connectivity index (χ3n) is 2.08. The maximum atomic E-state index is 11.6. The van der Waals surface area contributed by atoms with E-state index in [2.05, 4.69) is 17.2 Å². The predicted molar refractivity (Wildman–Crippen MR) is 62.3 cm³/mol. The minimum absolute atomic E-state index is 0.118. The average molecular weight is 222 g/mol. The molecule has 0 aliphatic heterocycles. The van der Waals surface area contributed by atoms with Crippen molar-refractivity contribution in [1.82, 2.24) is 10.3 Å². The molecule has 1 aromatic heterocycles. The van der Waals surface area contributed by atoms with E-state index in [0.717, 1.165) is 13.0 Å².